The van der Waals surface area contributed by atoms with E-state index in [1.165, 1.54) is 37.8 Å². The first-order chi connectivity index (χ1) is 11.2. The van der Waals surface area contributed by atoms with Gasteiger partial charge in [-0.3, -0.25) is 0 Å². The van der Waals surface area contributed by atoms with Gasteiger partial charge in [0.25, 0.3) is 0 Å². The van der Waals surface area contributed by atoms with Crippen molar-refractivity contribution in [3.63, 3.8) is 0 Å². The number of aryl methyl sites for hydroxylation is 1. The first kappa shape index (κ1) is 22.0. The molecule has 138 valence electrons. The molecule has 3 N–H and O–H groups in total. The molecule has 9 heteroatoms. The van der Waals surface area contributed by atoms with E-state index in [0.29, 0.717) is 11.3 Å². The normalized spacial score (nSPS) is 10.6. The molecule has 8 nitrogen and oxygen atoms in total. The van der Waals surface area contributed by atoms with Crippen molar-refractivity contribution in [3.8, 4) is 5.75 Å². The number of nitrogen functional groups attached to an aromatic ring is 1. The van der Waals surface area contributed by atoms with Crippen LogP contribution in [-0.2, 0) is 15.0 Å². The number of amides is 1. The highest BCUT2D eigenvalue weighted by atomic mass is 32.2. The Morgan fingerprint density at radius 3 is 2.12 bits per heavy atom. The van der Waals surface area contributed by atoms with E-state index in [1.807, 2.05) is 0 Å². The Hall–Kier alpha value is -2.00. The number of hydrogen-bond donors (Lipinski definition) is 2. The lowest BCUT2D eigenvalue weighted by Crippen LogP contribution is -2.33. The van der Waals surface area contributed by atoms with Crippen LogP contribution in [0.4, 0.5) is 10.5 Å². The van der Waals surface area contributed by atoms with Crippen LogP contribution in [0.1, 0.15) is 26.3 Å². The van der Waals surface area contributed by atoms with Gasteiger partial charge in [-0.25, -0.2) is 4.79 Å². The molecular weight excluding hydrogens is 334 g/mol. The van der Waals surface area contributed by atoms with Crippen LogP contribution >= 0.6 is 0 Å². The average Bonchev–Trinajstić information content (AvgIpc) is 2.52. The van der Waals surface area contributed by atoms with Crippen molar-refractivity contribution >= 4 is 22.1 Å². The SMILES string of the molecule is CCN(CC)CC.COC(=O)NS(=O)(=O)Oc1ccc(N)c(C)c1. The number of nitrogens with zero attached hydrogens (tertiary/aromatic N) is 1. The summed E-state index contributed by atoms with van der Waals surface area (Å²) in [4.78, 5) is 13.1. The number of benzene rings is 1. The minimum Gasteiger partial charge on any atom is -0.452 e. The molecule has 0 saturated heterocycles. The van der Waals surface area contributed by atoms with Crippen LogP contribution in [-0.4, -0.2) is 46.2 Å². The van der Waals surface area contributed by atoms with Crippen molar-refractivity contribution in [2.24, 2.45) is 0 Å². The van der Waals surface area contributed by atoms with Gasteiger partial charge in [0, 0.05) is 5.69 Å². The Balaban J connectivity index is 0.000000640. The summed E-state index contributed by atoms with van der Waals surface area (Å²) in [6.07, 6.45) is -1.13. The van der Waals surface area contributed by atoms with E-state index in [4.69, 9.17) is 5.73 Å². The van der Waals surface area contributed by atoms with Crippen molar-refractivity contribution in [3.05, 3.63) is 23.8 Å². The van der Waals surface area contributed by atoms with Gasteiger partial charge in [-0.1, -0.05) is 20.8 Å². The summed E-state index contributed by atoms with van der Waals surface area (Å²) in [5.74, 6) is 0.0492. The number of carbonyl (C=O) groups is 1. The Morgan fingerprint density at radius 1 is 1.21 bits per heavy atom. The lowest BCUT2D eigenvalue weighted by Gasteiger charge is -2.13. The van der Waals surface area contributed by atoms with Gasteiger partial charge >= 0.3 is 16.4 Å². The van der Waals surface area contributed by atoms with Crippen LogP contribution < -0.4 is 14.6 Å². The zero-order valence-corrected chi connectivity index (χ0v) is 15.6. The second-order valence-corrected chi connectivity index (χ2v) is 6.05. The quantitative estimate of drug-likeness (QED) is 0.744. The lowest BCUT2D eigenvalue weighted by atomic mass is 10.2. The number of nitrogens with one attached hydrogen (secondary N) is 1. The van der Waals surface area contributed by atoms with Gasteiger partial charge in [0.2, 0.25) is 0 Å². The molecule has 0 fully saturated rings. The summed E-state index contributed by atoms with van der Waals surface area (Å²) >= 11 is 0. The molecule has 24 heavy (non-hydrogen) atoms. The second-order valence-electron chi connectivity index (χ2n) is 4.77. The molecule has 1 rings (SSSR count). The zero-order valence-electron chi connectivity index (χ0n) is 14.8. The Kier molecular flexibility index (Phi) is 9.82. The number of methoxy groups -OCH3 is 1. The highest BCUT2D eigenvalue weighted by molar-refractivity contribution is 7.85. The molecule has 0 atom stereocenters. The molecule has 1 amide bonds. The molecule has 0 heterocycles. The number of nitrogens with two attached hydrogens (primary N) is 1. The zero-order chi connectivity index (χ0) is 18.8. The number of carbonyl (C=O) groups excluding carboxylic acids is 1. The predicted molar refractivity (Wildman–Crippen MR) is 94.1 cm³/mol. The Bertz CT molecular complexity index is 610. The first-order valence-corrected chi connectivity index (χ1v) is 8.98. The summed E-state index contributed by atoms with van der Waals surface area (Å²) in [6, 6.07) is 4.31. The van der Waals surface area contributed by atoms with Gasteiger partial charge in [0.1, 0.15) is 5.75 Å². The summed E-state index contributed by atoms with van der Waals surface area (Å²) in [6.45, 7) is 11.8. The maximum atomic E-state index is 11.3. The van der Waals surface area contributed by atoms with Crippen molar-refractivity contribution in [1.29, 1.82) is 0 Å². The molecule has 0 bridgehead atoms. The van der Waals surface area contributed by atoms with Crippen LogP contribution in [0.15, 0.2) is 18.2 Å². The van der Waals surface area contributed by atoms with Crippen LogP contribution in [0.25, 0.3) is 0 Å². The molecular formula is C15H27N3O5S. The molecule has 1 aromatic carbocycles. The van der Waals surface area contributed by atoms with Gasteiger partial charge in [0.05, 0.1) is 7.11 Å². The largest absolute Gasteiger partial charge is 0.452 e. The summed E-state index contributed by atoms with van der Waals surface area (Å²) in [5.41, 5.74) is 6.73. The number of ether oxygens (including phenoxy) is 1. The van der Waals surface area contributed by atoms with Crippen molar-refractivity contribution in [1.82, 2.24) is 9.62 Å². The van der Waals surface area contributed by atoms with Gasteiger partial charge in [0.15, 0.2) is 0 Å². The van der Waals surface area contributed by atoms with Crippen LogP contribution in [0.5, 0.6) is 5.75 Å². The molecule has 1 aromatic rings. The van der Waals surface area contributed by atoms with Gasteiger partial charge < -0.3 is 19.6 Å². The number of rotatable bonds is 6. The van der Waals surface area contributed by atoms with E-state index in [1.54, 1.807) is 11.6 Å². The highest BCUT2D eigenvalue weighted by Gasteiger charge is 2.17. The Morgan fingerprint density at radius 2 is 1.75 bits per heavy atom. The van der Waals surface area contributed by atoms with E-state index < -0.39 is 16.4 Å². The van der Waals surface area contributed by atoms with Crippen molar-refractivity contribution in [2.45, 2.75) is 27.7 Å². The summed E-state index contributed by atoms with van der Waals surface area (Å²) < 4.78 is 32.9. The highest BCUT2D eigenvalue weighted by Crippen LogP contribution is 2.19. The molecule has 0 radical (unpaired) electrons. The minimum atomic E-state index is -4.24. The van der Waals surface area contributed by atoms with Crippen molar-refractivity contribution in [2.75, 3.05) is 32.5 Å². The van der Waals surface area contributed by atoms with Gasteiger partial charge in [-0.2, -0.15) is 13.1 Å². The van der Waals surface area contributed by atoms with E-state index >= 15 is 0 Å². The van der Waals surface area contributed by atoms with Crippen LogP contribution in [0, 0.1) is 6.92 Å². The topological polar surface area (TPSA) is 111 Å². The third kappa shape index (κ3) is 8.59. The fourth-order valence-electron chi connectivity index (χ4n) is 1.66. The maximum Gasteiger partial charge on any atom is 0.423 e. The second kappa shape index (κ2) is 10.7. The molecule has 0 aliphatic rings. The van der Waals surface area contributed by atoms with Crippen LogP contribution in [0.2, 0.25) is 0 Å². The molecule has 0 unspecified atom stereocenters. The number of hydrogen-bond acceptors (Lipinski definition) is 7. The third-order valence-corrected chi connectivity index (χ3v) is 4.01. The fraction of sp³-hybridized carbons (Fsp3) is 0.533. The Labute approximate surface area is 144 Å². The maximum absolute atomic E-state index is 11.3. The minimum absolute atomic E-state index is 0.0492. The smallest absolute Gasteiger partial charge is 0.423 e. The van der Waals surface area contributed by atoms with Crippen LogP contribution in [0.3, 0.4) is 0 Å². The van der Waals surface area contributed by atoms with E-state index in [9.17, 15) is 13.2 Å². The van der Waals surface area contributed by atoms with Crippen molar-refractivity contribution < 1.29 is 22.1 Å². The first-order valence-electron chi connectivity index (χ1n) is 7.57. The van der Waals surface area contributed by atoms with E-state index in [-0.39, 0.29) is 5.75 Å². The average molecular weight is 361 g/mol. The summed E-state index contributed by atoms with van der Waals surface area (Å²) in [5, 5.41) is 0. The van der Waals surface area contributed by atoms with Gasteiger partial charge in [-0.15, -0.1) is 0 Å². The predicted octanol–water partition coefficient (Wildman–Crippen LogP) is 1.90. The summed E-state index contributed by atoms with van der Waals surface area (Å²) in [7, 11) is -3.20. The molecule has 0 saturated carbocycles. The number of anilines is 1. The molecule has 0 aliphatic heterocycles. The molecule has 0 spiro atoms. The lowest BCUT2D eigenvalue weighted by molar-refractivity contribution is 0.177. The third-order valence-electron chi connectivity index (χ3n) is 3.18. The standard InChI is InChI=1S/C9H12N2O5S.C6H15N/c1-6-5-7(3-4-8(6)10)16-17(13,14)11-9(12)15-2;1-4-7(5-2)6-3/h3-5H,10H2,1-2H3,(H,11,12);4-6H2,1-3H3. The molecule has 0 aliphatic carbocycles. The van der Waals surface area contributed by atoms with Gasteiger partial charge in [-0.05, 0) is 50.3 Å². The molecule has 0 aromatic heterocycles. The van der Waals surface area contributed by atoms with E-state index in [0.717, 1.165) is 7.11 Å². The monoisotopic (exact) mass is 361 g/mol. The fourth-order valence-corrected chi connectivity index (χ4v) is 2.35. The van der Waals surface area contributed by atoms with E-state index in [2.05, 4.69) is 34.6 Å².